The van der Waals surface area contributed by atoms with Crippen molar-refractivity contribution in [3.05, 3.63) is 0 Å². The van der Waals surface area contributed by atoms with Gasteiger partial charge in [-0.3, -0.25) is 4.79 Å². The van der Waals surface area contributed by atoms with Gasteiger partial charge in [0, 0.05) is 20.3 Å². The third-order valence-electron chi connectivity index (χ3n) is 3.21. The molecule has 3 N–H and O–H groups in total. The quantitative estimate of drug-likeness (QED) is 0.654. The van der Waals surface area contributed by atoms with Crippen molar-refractivity contribution in [1.29, 1.82) is 0 Å². The predicted octanol–water partition coefficient (Wildman–Crippen LogP) is 0.657. The number of hydrogen-bond donors (Lipinski definition) is 2. The molecule has 0 spiro atoms. The molecule has 4 heteroatoms. The van der Waals surface area contributed by atoms with Crippen LogP contribution in [-0.4, -0.2) is 32.2 Å². The molecule has 1 saturated carbocycles. The number of methoxy groups -OCH3 is 1. The molecule has 0 heterocycles. The second-order valence-corrected chi connectivity index (χ2v) is 4.48. The summed E-state index contributed by atoms with van der Waals surface area (Å²) in [7, 11) is 1.71. The van der Waals surface area contributed by atoms with E-state index in [1.54, 1.807) is 7.11 Å². The molecule has 0 bridgehead atoms. The fraction of sp³-hybridized carbons (Fsp3) is 0.909. The number of nitrogens with two attached hydrogens (primary N) is 1. The van der Waals surface area contributed by atoms with E-state index in [1.807, 2.05) is 6.92 Å². The number of hydrogen-bond acceptors (Lipinski definition) is 3. The molecule has 1 rings (SSSR count). The lowest BCUT2D eigenvalue weighted by Crippen LogP contribution is -2.42. The zero-order valence-electron chi connectivity index (χ0n) is 9.71. The lowest BCUT2D eigenvalue weighted by Gasteiger charge is -2.17. The standard InChI is InChI=1S/C11H22N2O2/c1-3-9(12)10(14)13-8-11(4-5-11)6-7-15-2/h9H,3-8,12H2,1-2H3,(H,13,14). The van der Waals surface area contributed by atoms with Crippen molar-refractivity contribution in [3.8, 4) is 0 Å². The van der Waals surface area contributed by atoms with E-state index in [0.29, 0.717) is 11.8 Å². The van der Waals surface area contributed by atoms with Gasteiger partial charge in [-0.2, -0.15) is 0 Å². The van der Waals surface area contributed by atoms with Gasteiger partial charge < -0.3 is 15.8 Å². The maximum absolute atomic E-state index is 11.5. The summed E-state index contributed by atoms with van der Waals surface area (Å²) >= 11 is 0. The van der Waals surface area contributed by atoms with Crippen molar-refractivity contribution >= 4 is 5.91 Å². The van der Waals surface area contributed by atoms with Crippen LogP contribution in [0.5, 0.6) is 0 Å². The minimum absolute atomic E-state index is 0.0267. The lowest BCUT2D eigenvalue weighted by atomic mass is 10.0. The molecule has 1 unspecified atom stereocenters. The number of nitrogens with one attached hydrogen (secondary N) is 1. The van der Waals surface area contributed by atoms with Crippen molar-refractivity contribution in [2.75, 3.05) is 20.3 Å². The molecular formula is C11H22N2O2. The molecule has 4 nitrogen and oxygen atoms in total. The predicted molar refractivity (Wildman–Crippen MR) is 59.4 cm³/mol. The Morgan fingerprint density at radius 3 is 2.73 bits per heavy atom. The van der Waals surface area contributed by atoms with Gasteiger partial charge >= 0.3 is 0 Å². The Kier molecular flexibility index (Phi) is 4.54. The van der Waals surface area contributed by atoms with Crippen LogP contribution >= 0.6 is 0 Å². The fourth-order valence-electron chi connectivity index (χ4n) is 1.60. The Bertz CT molecular complexity index is 215. The summed E-state index contributed by atoms with van der Waals surface area (Å²) in [5.74, 6) is -0.0267. The number of carbonyl (C=O) groups is 1. The second kappa shape index (κ2) is 5.47. The van der Waals surface area contributed by atoms with Crippen LogP contribution in [0.15, 0.2) is 0 Å². The zero-order chi connectivity index (χ0) is 11.3. The normalized spacial score (nSPS) is 19.7. The number of rotatable bonds is 7. The van der Waals surface area contributed by atoms with E-state index < -0.39 is 0 Å². The molecule has 1 aliphatic rings. The summed E-state index contributed by atoms with van der Waals surface area (Å²) in [5.41, 5.74) is 5.93. The summed E-state index contributed by atoms with van der Waals surface area (Å²) in [4.78, 5) is 11.5. The first-order chi connectivity index (χ1) is 7.13. The highest BCUT2D eigenvalue weighted by Crippen LogP contribution is 2.48. The van der Waals surface area contributed by atoms with Crippen molar-refractivity contribution in [3.63, 3.8) is 0 Å². The summed E-state index contributed by atoms with van der Waals surface area (Å²) < 4.78 is 5.06. The Morgan fingerprint density at radius 2 is 2.27 bits per heavy atom. The highest BCUT2D eigenvalue weighted by atomic mass is 16.5. The van der Waals surface area contributed by atoms with Gasteiger partial charge in [0.05, 0.1) is 6.04 Å². The topological polar surface area (TPSA) is 64.4 Å². The average molecular weight is 214 g/mol. The van der Waals surface area contributed by atoms with E-state index in [4.69, 9.17) is 10.5 Å². The van der Waals surface area contributed by atoms with E-state index in [0.717, 1.165) is 19.6 Å². The van der Waals surface area contributed by atoms with Crippen LogP contribution in [0, 0.1) is 5.41 Å². The van der Waals surface area contributed by atoms with Gasteiger partial charge in [-0.1, -0.05) is 6.92 Å². The molecular weight excluding hydrogens is 192 g/mol. The summed E-state index contributed by atoms with van der Waals surface area (Å²) in [6.45, 7) is 3.45. The van der Waals surface area contributed by atoms with Gasteiger partial charge in [-0.05, 0) is 31.1 Å². The summed E-state index contributed by atoms with van der Waals surface area (Å²) in [6.07, 6.45) is 4.11. The molecule has 0 aromatic carbocycles. The van der Waals surface area contributed by atoms with E-state index in [1.165, 1.54) is 12.8 Å². The lowest BCUT2D eigenvalue weighted by molar-refractivity contribution is -0.122. The third-order valence-corrected chi connectivity index (χ3v) is 3.21. The van der Waals surface area contributed by atoms with E-state index >= 15 is 0 Å². The van der Waals surface area contributed by atoms with Crippen LogP contribution < -0.4 is 11.1 Å². The van der Waals surface area contributed by atoms with Gasteiger partial charge in [0.2, 0.25) is 5.91 Å². The van der Waals surface area contributed by atoms with Crippen molar-refractivity contribution < 1.29 is 9.53 Å². The highest BCUT2D eigenvalue weighted by molar-refractivity contribution is 5.81. The van der Waals surface area contributed by atoms with E-state index in [2.05, 4.69) is 5.32 Å². The van der Waals surface area contributed by atoms with Crippen LogP contribution in [0.2, 0.25) is 0 Å². The minimum atomic E-state index is -0.358. The molecule has 88 valence electrons. The average Bonchev–Trinajstić information content (AvgIpc) is 3.03. The SMILES string of the molecule is CCC(N)C(=O)NCC1(CCOC)CC1. The summed E-state index contributed by atoms with van der Waals surface area (Å²) in [5, 5.41) is 2.93. The number of ether oxygens (including phenoxy) is 1. The molecule has 1 fully saturated rings. The Morgan fingerprint density at radius 1 is 1.60 bits per heavy atom. The zero-order valence-corrected chi connectivity index (χ0v) is 9.71. The maximum Gasteiger partial charge on any atom is 0.236 e. The van der Waals surface area contributed by atoms with E-state index in [-0.39, 0.29) is 11.9 Å². The van der Waals surface area contributed by atoms with Crippen LogP contribution in [0.25, 0.3) is 0 Å². The highest BCUT2D eigenvalue weighted by Gasteiger charge is 2.42. The van der Waals surface area contributed by atoms with Crippen molar-refractivity contribution in [2.24, 2.45) is 11.1 Å². The van der Waals surface area contributed by atoms with Crippen LogP contribution in [0.3, 0.4) is 0 Å². The smallest absolute Gasteiger partial charge is 0.236 e. The fourth-order valence-corrected chi connectivity index (χ4v) is 1.60. The number of amides is 1. The maximum atomic E-state index is 11.5. The van der Waals surface area contributed by atoms with Crippen LogP contribution in [0.1, 0.15) is 32.6 Å². The summed E-state index contributed by atoms with van der Waals surface area (Å²) in [6, 6.07) is -0.358. The van der Waals surface area contributed by atoms with Gasteiger partial charge in [-0.25, -0.2) is 0 Å². The van der Waals surface area contributed by atoms with Crippen LogP contribution in [0.4, 0.5) is 0 Å². The van der Waals surface area contributed by atoms with Gasteiger partial charge in [0.25, 0.3) is 0 Å². The molecule has 0 aliphatic heterocycles. The van der Waals surface area contributed by atoms with Crippen LogP contribution in [-0.2, 0) is 9.53 Å². The molecule has 0 aromatic heterocycles. The first kappa shape index (κ1) is 12.5. The third kappa shape index (κ3) is 3.80. The Hall–Kier alpha value is -0.610. The van der Waals surface area contributed by atoms with Crippen molar-refractivity contribution in [2.45, 2.75) is 38.6 Å². The molecule has 0 aromatic rings. The largest absolute Gasteiger partial charge is 0.385 e. The number of carbonyl (C=O) groups excluding carboxylic acids is 1. The Labute approximate surface area is 91.5 Å². The van der Waals surface area contributed by atoms with Gasteiger partial charge in [-0.15, -0.1) is 0 Å². The molecule has 0 saturated heterocycles. The molecule has 1 atom stereocenters. The van der Waals surface area contributed by atoms with Gasteiger partial charge in [0.15, 0.2) is 0 Å². The molecule has 0 radical (unpaired) electrons. The monoisotopic (exact) mass is 214 g/mol. The van der Waals surface area contributed by atoms with Crippen molar-refractivity contribution in [1.82, 2.24) is 5.32 Å². The first-order valence-corrected chi connectivity index (χ1v) is 5.66. The van der Waals surface area contributed by atoms with Gasteiger partial charge in [0.1, 0.15) is 0 Å². The second-order valence-electron chi connectivity index (χ2n) is 4.48. The minimum Gasteiger partial charge on any atom is -0.385 e. The van der Waals surface area contributed by atoms with E-state index in [9.17, 15) is 4.79 Å². The Balaban J connectivity index is 2.21. The molecule has 1 aliphatic carbocycles. The molecule has 1 amide bonds. The first-order valence-electron chi connectivity index (χ1n) is 5.66. The molecule has 15 heavy (non-hydrogen) atoms.